The summed E-state index contributed by atoms with van der Waals surface area (Å²) in [4.78, 5) is 114. The Morgan fingerprint density at radius 2 is 0.826 bits per heavy atom. The van der Waals surface area contributed by atoms with E-state index in [1.54, 1.807) is 88.5 Å². The Kier molecular flexibility index (Phi) is 71.6. The predicted molar refractivity (Wildman–Crippen MR) is 575 cm³/mol. The fourth-order valence-electron chi connectivity index (χ4n) is 11.7. The van der Waals surface area contributed by atoms with Crippen molar-refractivity contribution in [1.82, 2.24) is 40.1 Å². The Balaban J connectivity index is 0.000000744. The van der Waals surface area contributed by atoms with E-state index < -0.39 is 0 Å². The molecule has 0 bridgehead atoms. The fraction of sp³-hybridized carbons (Fsp3) is 0.386. The van der Waals surface area contributed by atoms with Crippen LogP contribution in [-0.2, 0) is 49.7 Å². The lowest BCUT2D eigenvalue weighted by molar-refractivity contribution is -0.122. The molecule has 1 saturated heterocycles. The zero-order chi connectivity index (χ0) is 102. The van der Waals surface area contributed by atoms with Gasteiger partial charge in [-0.25, -0.2) is 19.9 Å². The number of aryl methyl sites for hydroxylation is 8. The van der Waals surface area contributed by atoms with Crippen molar-refractivity contribution in [2.75, 3.05) is 41.5 Å². The highest BCUT2D eigenvalue weighted by molar-refractivity contribution is 7.13. The van der Waals surface area contributed by atoms with Gasteiger partial charge >= 0.3 is 0 Å². The first-order valence-electron chi connectivity index (χ1n) is 48.5. The number of likely N-dealkylation sites (tertiary alicyclic amines) is 1. The van der Waals surface area contributed by atoms with E-state index in [2.05, 4.69) is 203 Å². The minimum Gasteiger partial charge on any atom is -0.504 e. The molecule has 1 aliphatic carbocycles. The van der Waals surface area contributed by atoms with Gasteiger partial charge in [0.15, 0.2) is 34.0 Å². The summed E-state index contributed by atoms with van der Waals surface area (Å²) >= 11 is 2.93. The van der Waals surface area contributed by atoms with Crippen LogP contribution < -0.4 is 31.3 Å². The van der Waals surface area contributed by atoms with E-state index in [4.69, 9.17) is 4.74 Å². The molecule has 22 nitrogen and oxygen atoms in total. The van der Waals surface area contributed by atoms with Crippen molar-refractivity contribution >= 4 is 92.1 Å². The van der Waals surface area contributed by atoms with Gasteiger partial charge < -0.3 is 41.3 Å². The van der Waals surface area contributed by atoms with E-state index in [0.29, 0.717) is 79.7 Å². The van der Waals surface area contributed by atoms with Crippen LogP contribution >= 0.6 is 22.7 Å². The Morgan fingerprint density at radius 1 is 0.377 bits per heavy atom. The first kappa shape index (κ1) is 123. The van der Waals surface area contributed by atoms with Crippen LogP contribution in [0.4, 0.5) is 22.6 Å². The Labute approximate surface area is 832 Å². The number of carbonyl (C=O) groups excluding carboxylic acids is 8. The number of aromatic nitrogens is 6. The Hall–Kier alpha value is -12.9. The van der Waals surface area contributed by atoms with E-state index in [-0.39, 0.29) is 58.5 Å². The van der Waals surface area contributed by atoms with E-state index in [1.807, 2.05) is 162 Å². The average molecular weight is 1920 g/mol. The van der Waals surface area contributed by atoms with Gasteiger partial charge in [-0.1, -0.05) is 278 Å². The number of amides is 5. The smallest absolute Gasteiger partial charge is 0.225 e. The van der Waals surface area contributed by atoms with Crippen LogP contribution in [0.3, 0.4) is 0 Å². The molecule has 1 aliphatic heterocycles. The molecule has 1 saturated carbocycles. The number of ketones is 3. The zero-order valence-corrected chi connectivity index (χ0v) is 87.1. The number of Topliss-reactive ketones (excluding diaryl/α,β-unsaturated/α-hetero) is 3. The summed E-state index contributed by atoms with van der Waals surface area (Å²) in [6.07, 6.45) is 34.1. The maximum atomic E-state index is 11.0. The van der Waals surface area contributed by atoms with Crippen LogP contribution in [0.25, 0.3) is 0 Å². The highest BCUT2D eigenvalue weighted by Gasteiger charge is 2.16. The van der Waals surface area contributed by atoms with Crippen LogP contribution in [0.15, 0.2) is 273 Å². The standard InChI is InChI=1S/C9H12N2O.C9H17NO.C9H19N.C9H10O.2C9H12.C8H10N2O2.C8H10N2O.C8H9NO.C8H10O.C8H10.C7H9N.C7H8OS.C6H8N2OS/c1-3-9(12)11-8-5-4-7(2)6-10-8;1-2-9(11)10-8-6-4-3-5-7-8;1-3-9(2)10-7-5-4-6-8-10;1-2-9(10)8-6-4-3-5-7-8;2*1-3-9-6-4-8(2)5-7-9;1-2-7(12)10-8-6(11)4-3-5-9-8;1-2-8(11)10-7-5-3-4-6-9-7;1-2-8(10)7-4-3-5-9-6-7;1-7-3-5-8(9-2)6-4-7;1-2-8-6-4-3-5-7-8;1-2-7-4-3-5-8-6-7;1-2-6(8)7-4-3-5-9-7;1-2-5(9)8-6-7-3-4-10-6/h4-6H,3H2,1-2H3,(H,10,11,12);8H,2-7H2,1H3,(H,10,11);9H,3-8H2,1-2H3;3-7H,2H2,1H3;2*4-7H,3H2,1-2H3;3-5,11H,2H2,1H3,(H,9,10,12);3-6H,2H2,1H3,(H,9,10,11);3-6H,2H2,1H3;3-6H,1-2H3;3-7H,2H2,1H3;3-6H,2H2,1H3;3-5H,2H2,1H3;3-4H,2H2,1H3,(H,7,8,9). The molecule has 7 aromatic heterocycles. The normalized spacial score (nSPS) is 11.3. The molecule has 0 spiro atoms. The number of carbonyl (C=O) groups is 8. The summed E-state index contributed by atoms with van der Waals surface area (Å²) in [5.74, 6) is 2.97. The molecule has 12 aromatic rings. The molecule has 744 valence electrons. The number of piperidine rings is 1. The van der Waals surface area contributed by atoms with E-state index in [1.165, 1.54) is 145 Å². The molecule has 2 aliphatic rings. The lowest BCUT2D eigenvalue weighted by atomic mass is 9.95. The number of rotatable bonds is 23. The molecule has 2 fully saturated rings. The minimum atomic E-state index is -0.163. The van der Waals surface area contributed by atoms with Gasteiger partial charge in [-0.15, -0.1) is 22.7 Å². The molecular formula is C114H156N12O10S2. The van der Waals surface area contributed by atoms with Crippen molar-refractivity contribution < 1.29 is 48.2 Å². The molecule has 14 rings (SSSR count). The number of pyridine rings is 5. The van der Waals surface area contributed by atoms with Crippen molar-refractivity contribution in [3.05, 3.63) is 333 Å². The van der Waals surface area contributed by atoms with E-state index >= 15 is 0 Å². The molecule has 8 heterocycles. The lowest BCUT2D eigenvalue weighted by Crippen LogP contribution is -2.36. The number of thiazole rings is 1. The summed E-state index contributed by atoms with van der Waals surface area (Å²) in [6.45, 7) is 38.8. The molecule has 1 atom stereocenters. The summed E-state index contributed by atoms with van der Waals surface area (Å²) in [5.41, 5.74) is 12.1. The molecule has 5 aromatic carbocycles. The van der Waals surface area contributed by atoms with Crippen LogP contribution in [0.5, 0.6) is 11.5 Å². The van der Waals surface area contributed by atoms with Gasteiger partial charge in [-0.3, -0.25) is 48.3 Å². The Bertz CT molecular complexity index is 4880. The van der Waals surface area contributed by atoms with E-state index in [9.17, 15) is 43.5 Å². The monoisotopic (exact) mass is 1920 g/mol. The maximum absolute atomic E-state index is 11.0. The number of nitrogens with one attached hydrogen (secondary N) is 5. The van der Waals surface area contributed by atoms with Crippen LogP contribution in [-0.4, -0.2) is 119 Å². The summed E-state index contributed by atoms with van der Waals surface area (Å²) in [7, 11) is 1.67. The highest BCUT2D eigenvalue weighted by Crippen LogP contribution is 2.21. The van der Waals surface area contributed by atoms with Gasteiger partial charge in [-0.05, 0) is 205 Å². The number of aromatic hydroxyl groups is 1. The minimum absolute atomic E-state index is 0.00801. The second-order valence-corrected chi connectivity index (χ2v) is 33.4. The highest BCUT2D eigenvalue weighted by atomic mass is 32.1. The van der Waals surface area contributed by atoms with E-state index in [0.717, 1.165) is 53.5 Å². The number of methoxy groups -OCH3 is 1. The first-order valence-corrected chi connectivity index (χ1v) is 50.2. The lowest BCUT2D eigenvalue weighted by Gasteiger charge is -2.31. The van der Waals surface area contributed by atoms with Gasteiger partial charge in [0, 0.05) is 130 Å². The van der Waals surface area contributed by atoms with Gasteiger partial charge in [0.2, 0.25) is 29.5 Å². The molecular weight excluding hydrogens is 1760 g/mol. The van der Waals surface area contributed by atoms with Crippen molar-refractivity contribution in [1.29, 1.82) is 0 Å². The van der Waals surface area contributed by atoms with Crippen LogP contribution in [0.2, 0.25) is 0 Å². The number of anilines is 4. The number of ether oxygens (including phenoxy) is 1. The molecule has 138 heavy (non-hydrogen) atoms. The third kappa shape index (κ3) is 62.0. The third-order valence-electron chi connectivity index (χ3n) is 20.5. The molecule has 6 N–H and O–H groups in total. The quantitative estimate of drug-likeness (QED) is 0.0324. The fourth-order valence-corrected chi connectivity index (χ4v) is 12.9. The first-order chi connectivity index (χ1) is 66.6. The predicted octanol–water partition coefficient (Wildman–Crippen LogP) is 27.2. The molecule has 1 unspecified atom stereocenters. The van der Waals surface area contributed by atoms with Crippen molar-refractivity contribution in [3.63, 3.8) is 0 Å². The summed E-state index contributed by atoms with van der Waals surface area (Å²) in [5, 5.41) is 27.0. The maximum Gasteiger partial charge on any atom is 0.225 e. The molecule has 0 radical (unpaired) electrons. The van der Waals surface area contributed by atoms with Gasteiger partial charge in [0.1, 0.15) is 17.4 Å². The average Bonchev–Trinajstić information content (AvgIpc) is 1.60. The van der Waals surface area contributed by atoms with Gasteiger partial charge in [0.25, 0.3) is 0 Å². The van der Waals surface area contributed by atoms with Crippen molar-refractivity contribution in [2.24, 2.45) is 0 Å². The molecule has 5 amide bonds. The van der Waals surface area contributed by atoms with Crippen LogP contribution in [0.1, 0.15) is 281 Å². The van der Waals surface area contributed by atoms with Crippen LogP contribution in [0, 0.1) is 27.7 Å². The van der Waals surface area contributed by atoms with Gasteiger partial charge in [0.05, 0.1) is 12.0 Å². The topological polar surface area (TPSA) is 307 Å². The number of hydrogen-bond donors (Lipinski definition) is 6. The van der Waals surface area contributed by atoms with Crippen molar-refractivity contribution in [2.45, 2.75) is 272 Å². The summed E-state index contributed by atoms with van der Waals surface area (Å²) < 4.78 is 4.97. The van der Waals surface area contributed by atoms with Crippen molar-refractivity contribution in [3.8, 4) is 11.5 Å². The third-order valence-corrected chi connectivity index (χ3v) is 22.1. The Morgan fingerprint density at radius 3 is 1.25 bits per heavy atom. The number of nitrogens with zero attached hydrogens (tertiary/aromatic N) is 7. The number of hydrogen-bond acceptors (Lipinski definition) is 19. The second-order valence-electron chi connectivity index (χ2n) is 31.5. The van der Waals surface area contributed by atoms with Gasteiger partial charge in [-0.2, -0.15) is 0 Å². The summed E-state index contributed by atoms with van der Waals surface area (Å²) in [6, 6.07) is 69.9. The number of benzene rings is 5. The zero-order valence-electron chi connectivity index (χ0n) is 85.5. The SMILES string of the molecule is CCC(=O)NC1CCCCC1.CCC(=O)Nc1ccc(C)cn1.CCC(=O)Nc1ccccn1.CCC(=O)Nc1ncccc1O.CCC(=O)Nc1nccs1.CCC(=O)c1ccccc1.CCC(=O)c1cccnc1.CCC(=O)c1cccs1.CCC(C)N1CCCCC1.CCc1ccc(C)cc1.CCc1ccc(C)cc1.CCc1ccccc1.CCc1cccnc1.COc1ccc(C)cc1. The number of thiophene rings is 1. The largest absolute Gasteiger partial charge is 0.504 e. The molecule has 24 heteroatoms. The second kappa shape index (κ2) is 80.2.